The van der Waals surface area contributed by atoms with Crippen molar-refractivity contribution < 1.29 is 4.79 Å². The second kappa shape index (κ2) is 5.22. The Morgan fingerprint density at radius 3 is 2.70 bits per heavy atom. The normalized spacial score (nSPS) is 10.4. The summed E-state index contributed by atoms with van der Waals surface area (Å²) in [6, 6.07) is 11.2. The first-order valence-corrected chi connectivity index (χ1v) is 6.25. The van der Waals surface area contributed by atoms with Crippen molar-refractivity contribution in [3.63, 3.8) is 0 Å². The smallest absolute Gasteiger partial charge is 0.217 e. The predicted octanol–water partition coefficient (Wildman–Crippen LogP) is 2.55. The summed E-state index contributed by atoms with van der Waals surface area (Å²) in [6.07, 6.45) is 4.40. The van der Waals surface area contributed by atoms with E-state index >= 15 is 0 Å². The highest BCUT2D eigenvalue weighted by molar-refractivity contribution is 6.33. The fourth-order valence-corrected chi connectivity index (χ4v) is 1.95. The van der Waals surface area contributed by atoms with E-state index in [4.69, 9.17) is 11.6 Å². The maximum absolute atomic E-state index is 12.3. The molecule has 98 valence electrons. The monoisotopic (exact) mass is 284 g/mol. The second-order valence-corrected chi connectivity index (χ2v) is 4.40. The highest BCUT2D eigenvalue weighted by Crippen LogP contribution is 2.15. The van der Waals surface area contributed by atoms with Gasteiger partial charge in [-0.25, -0.2) is 14.6 Å². The van der Waals surface area contributed by atoms with Crippen molar-refractivity contribution in [3.05, 3.63) is 71.5 Å². The summed E-state index contributed by atoms with van der Waals surface area (Å²) in [5, 5.41) is 4.38. The lowest BCUT2D eigenvalue weighted by atomic mass is 10.2. The SMILES string of the molecule is O=C(c1ccn(-c2ccccc2)n1)c1cncnc1Cl. The third-order valence-corrected chi connectivity index (χ3v) is 3.05. The summed E-state index contributed by atoms with van der Waals surface area (Å²) in [5.74, 6) is -0.301. The Morgan fingerprint density at radius 1 is 1.15 bits per heavy atom. The zero-order valence-corrected chi connectivity index (χ0v) is 11.0. The fourth-order valence-electron chi connectivity index (χ4n) is 1.77. The number of hydrogen-bond acceptors (Lipinski definition) is 4. The van der Waals surface area contributed by atoms with Crippen molar-refractivity contribution in [3.8, 4) is 5.69 Å². The van der Waals surface area contributed by atoms with Gasteiger partial charge in [-0.1, -0.05) is 29.8 Å². The molecule has 0 saturated heterocycles. The second-order valence-electron chi connectivity index (χ2n) is 4.04. The van der Waals surface area contributed by atoms with E-state index in [1.54, 1.807) is 16.9 Å². The van der Waals surface area contributed by atoms with Crippen LogP contribution in [0.5, 0.6) is 0 Å². The van der Waals surface area contributed by atoms with E-state index < -0.39 is 0 Å². The third kappa shape index (κ3) is 2.31. The number of ketones is 1. The number of hydrogen-bond donors (Lipinski definition) is 0. The molecule has 0 amide bonds. The van der Waals surface area contributed by atoms with E-state index in [1.165, 1.54) is 12.5 Å². The zero-order chi connectivity index (χ0) is 13.9. The number of para-hydroxylation sites is 1. The van der Waals surface area contributed by atoms with Crippen molar-refractivity contribution in [2.45, 2.75) is 0 Å². The lowest BCUT2D eigenvalue weighted by Crippen LogP contribution is -2.06. The average molecular weight is 285 g/mol. The van der Waals surface area contributed by atoms with Gasteiger partial charge in [-0.2, -0.15) is 5.10 Å². The number of rotatable bonds is 3. The molecule has 1 aromatic carbocycles. The molecule has 20 heavy (non-hydrogen) atoms. The molecule has 5 nitrogen and oxygen atoms in total. The van der Waals surface area contributed by atoms with Gasteiger partial charge in [0.25, 0.3) is 0 Å². The molecule has 0 unspecified atom stereocenters. The predicted molar refractivity (Wildman–Crippen MR) is 74.0 cm³/mol. The minimum atomic E-state index is -0.301. The first kappa shape index (κ1) is 12.5. The molecule has 0 saturated carbocycles. The highest BCUT2D eigenvalue weighted by atomic mass is 35.5. The number of carbonyl (C=O) groups is 1. The Labute approximate surface area is 119 Å². The van der Waals surface area contributed by atoms with Crippen LogP contribution in [0.1, 0.15) is 16.1 Å². The van der Waals surface area contributed by atoms with E-state index in [2.05, 4.69) is 15.1 Å². The molecule has 2 aromatic heterocycles. The average Bonchev–Trinajstić information content (AvgIpc) is 2.98. The van der Waals surface area contributed by atoms with Gasteiger partial charge in [0.1, 0.15) is 17.2 Å². The van der Waals surface area contributed by atoms with Gasteiger partial charge in [0, 0.05) is 12.4 Å². The molecule has 0 N–H and O–H groups in total. The largest absolute Gasteiger partial charge is 0.287 e. The van der Waals surface area contributed by atoms with Gasteiger partial charge < -0.3 is 0 Å². The highest BCUT2D eigenvalue weighted by Gasteiger charge is 2.16. The summed E-state index contributed by atoms with van der Waals surface area (Å²) < 4.78 is 1.63. The van der Waals surface area contributed by atoms with E-state index in [9.17, 15) is 4.79 Å². The summed E-state index contributed by atoms with van der Waals surface area (Å²) >= 11 is 5.89. The first-order chi connectivity index (χ1) is 9.75. The molecule has 3 rings (SSSR count). The number of nitrogens with zero attached hydrogens (tertiary/aromatic N) is 4. The van der Waals surface area contributed by atoms with Crippen LogP contribution in [0, 0.1) is 0 Å². The van der Waals surface area contributed by atoms with Crippen LogP contribution < -0.4 is 0 Å². The Balaban J connectivity index is 1.95. The number of benzene rings is 1. The lowest BCUT2D eigenvalue weighted by molar-refractivity contribution is 0.103. The lowest BCUT2D eigenvalue weighted by Gasteiger charge is -2.00. The molecule has 0 spiro atoms. The van der Waals surface area contributed by atoms with Crippen molar-refractivity contribution in [2.75, 3.05) is 0 Å². The minimum absolute atomic E-state index is 0.124. The summed E-state index contributed by atoms with van der Waals surface area (Å²) in [6.45, 7) is 0. The molecular weight excluding hydrogens is 276 g/mol. The van der Waals surface area contributed by atoms with Crippen LogP contribution in [0.3, 0.4) is 0 Å². The summed E-state index contributed by atoms with van der Waals surface area (Å²) in [5.41, 5.74) is 1.42. The number of halogens is 1. The quantitative estimate of drug-likeness (QED) is 0.548. The standard InChI is InChI=1S/C14H9ClN4O/c15-14-11(8-16-9-17-14)13(20)12-6-7-19(18-12)10-4-2-1-3-5-10/h1-9H. The van der Waals surface area contributed by atoms with Gasteiger partial charge in [-0.15, -0.1) is 0 Å². The van der Waals surface area contributed by atoms with Crippen LogP contribution in [0.25, 0.3) is 5.69 Å². The number of carbonyl (C=O) groups excluding carboxylic acids is 1. The molecule has 3 aromatic rings. The van der Waals surface area contributed by atoms with Crippen LogP contribution in [0.4, 0.5) is 0 Å². The van der Waals surface area contributed by atoms with Crippen molar-refractivity contribution in [1.82, 2.24) is 19.7 Å². The van der Waals surface area contributed by atoms with E-state index in [0.29, 0.717) is 5.69 Å². The molecule has 0 bridgehead atoms. The van der Waals surface area contributed by atoms with Crippen LogP contribution >= 0.6 is 11.6 Å². The molecule has 0 atom stereocenters. The molecule has 0 aliphatic heterocycles. The van der Waals surface area contributed by atoms with Crippen molar-refractivity contribution in [1.29, 1.82) is 0 Å². The summed E-state index contributed by atoms with van der Waals surface area (Å²) in [7, 11) is 0. The molecule has 6 heteroatoms. The molecule has 0 aliphatic rings. The molecule has 0 fully saturated rings. The zero-order valence-electron chi connectivity index (χ0n) is 10.3. The maximum atomic E-state index is 12.3. The molecular formula is C14H9ClN4O. The van der Waals surface area contributed by atoms with E-state index in [0.717, 1.165) is 5.69 Å². The van der Waals surface area contributed by atoms with Gasteiger partial charge in [-0.05, 0) is 18.2 Å². The van der Waals surface area contributed by atoms with Crippen LogP contribution in [0.15, 0.2) is 55.1 Å². The van der Waals surface area contributed by atoms with E-state index in [1.807, 2.05) is 30.3 Å². The van der Waals surface area contributed by atoms with Gasteiger partial charge >= 0.3 is 0 Å². The Kier molecular flexibility index (Phi) is 3.26. The van der Waals surface area contributed by atoms with Crippen molar-refractivity contribution >= 4 is 17.4 Å². The van der Waals surface area contributed by atoms with Gasteiger partial charge in [0.05, 0.1) is 11.3 Å². The molecule has 0 radical (unpaired) electrons. The van der Waals surface area contributed by atoms with E-state index in [-0.39, 0.29) is 16.5 Å². The number of aromatic nitrogens is 4. The first-order valence-electron chi connectivity index (χ1n) is 5.87. The third-order valence-electron chi connectivity index (χ3n) is 2.75. The van der Waals surface area contributed by atoms with Gasteiger partial charge in [0.2, 0.25) is 5.78 Å². The summed E-state index contributed by atoms with van der Waals surface area (Å²) in [4.78, 5) is 19.9. The fraction of sp³-hybridized carbons (Fsp3) is 0. The topological polar surface area (TPSA) is 60.7 Å². The van der Waals surface area contributed by atoms with Gasteiger partial charge in [-0.3, -0.25) is 4.79 Å². The van der Waals surface area contributed by atoms with Crippen molar-refractivity contribution in [2.24, 2.45) is 0 Å². The Bertz CT molecular complexity index is 755. The molecule has 0 aliphatic carbocycles. The van der Waals surface area contributed by atoms with Crippen LogP contribution in [0.2, 0.25) is 5.15 Å². The Hall–Kier alpha value is -2.53. The maximum Gasteiger partial charge on any atom is 0.217 e. The minimum Gasteiger partial charge on any atom is -0.287 e. The van der Waals surface area contributed by atoms with Crippen LogP contribution in [-0.4, -0.2) is 25.5 Å². The Morgan fingerprint density at radius 2 is 1.95 bits per heavy atom. The molecule has 2 heterocycles. The van der Waals surface area contributed by atoms with Gasteiger partial charge in [0.15, 0.2) is 0 Å². The van der Waals surface area contributed by atoms with Crippen LogP contribution in [-0.2, 0) is 0 Å².